The summed E-state index contributed by atoms with van der Waals surface area (Å²) >= 11 is 0. The van der Waals surface area contributed by atoms with Crippen LogP contribution < -0.4 is 24.4 Å². The minimum Gasteiger partial charge on any atom is -0.493 e. The molecule has 48 heavy (non-hydrogen) atoms. The molecule has 1 aliphatic rings. The largest absolute Gasteiger partial charge is 0.573 e. The molecule has 0 bridgehead atoms. The van der Waals surface area contributed by atoms with E-state index < -0.39 is 18.1 Å². The zero-order valence-corrected chi connectivity index (χ0v) is 26.6. The van der Waals surface area contributed by atoms with Crippen molar-refractivity contribution >= 4 is 23.0 Å². The molecular formula is C35H36F4N4O5. The maximum absolute atomic E-state index is 15.1. The van der Waals surface area contributed by atoms with Crippen molar-refractivity contribution in [2.45, 2.75) is 39.0 Å². The number of piperidine rings is 1. The molecule has 3 aromatic carbocycles. The van der Waals surface area contributed by atoms with Crippen LogP contribution in [0, 0.1) is 11.7 Å². The van der Waals surface area contributed by atoms with Gasteiger partial charge in [0.15, 0.2) is 23.1 Å². The Labute approximate surface area is 275 Å². The molecule has 1 saturated heterocycles. The lowest BCUT2D eigenvalue weighted by atomic mass is 9.99. The van der Waals surface area contributed by atoms with E-state index in [1.54, 1.807) is 37.6 Å². The van der Waals surface area contributed by atoms with Crippen molar-refractivity contribution in [1.82, 2.24) is 15.3 Å². The number of hydrogen-bond acceptors (Lipinski definition) is 8. The molecule has 9 nitrogen and oxygen atoms in total. The van der Waals surface area contributed by atoms with Gasteiger partial charge in [-0.15, -0.1) is 13.2 Å². The molecule has 5 rings (SSSR count). The van der Waals surface area contributed by atoms with Crippen LogP contribution in [0.2, 0.25) is 0 Å². The second-order valence-corrected chi connectivity index (χ2v) is 11.5. The van der Waals surface area contributed by atoms with Gasteiger partial charge in [-0.05, 0) is 97.9 Å². The SMILES string of the molecule is COc1cc2c(Oc3ccc(CC(=O)N/N=C/c4ccc(OC(F)(F)F)cc4)cc3F)ccnc2cc1OCCCN1CCC(C)CC1. The van der Waals surface area contributed by atoms with E-state index in [0.717, 1.165) is 44.1 Å². The lowest BCUT2D eigenvalue weighted by molar-refractivity contribution is -0.274. The van der Waals surface area contributed by atoms with Gasteiger partial charge in [0.2, 0.25) is 5.91 Å². The fourth-order valence-corrected chi connectivity index (χ4v) is 5.26. The number of nitrogens with one attached hydrogen (secondary N) is 1. The van der Waals surface area contributed by atoms with Crippen molar-refractivity contribution in [3.05, 3.63) is 83.8 Å². The summed E-state index contributed by atoms with van der Waals surface area (Å²) in [7, 11) is 1.55. The summed E-state index contributed by atoms with van der Waals surface area (Å²) < 4.78 is 73.4. The monoisotopic (exact) mass is 668 g/mol. The summed E-state index contributed by atoms with van der Waals surface area (Å²) in [5, 5.41) is 4.40. The Kier molecular flexibility index (Phi) is 11.3. The molecule has 1 aromatic heterocycles. The first-order valence-corrected chi connectivity index (χ1v) is 15.5. The first-order chi connectivity index (χ1) is 23.1. The number of aromatic nitrogens is 1. The molecule has 1 aliphatic heterocycles. The number of hydrogen-bond donors (Lipinski definition) is 1. The Hall–Kier alpha value is -4.91. The van der Waals surface area contributed by atoms with Gasteiger partial charge in [0.25, 0.3) is 0 Å². The predicted octanol–water partition coefficient (Wildman–Crippen LogP) is 7.27. The maximum atomic E-state index is 15.1. The number of amides is 1. The Bertz CT molecular complexity index is 1730. The lowest BCUT2D eigenvalue weighted by Crippen LogP contribution is -2.34. The Morgan fingerprint density at radius 1 is 1.02 bits per heavy atom. The average Bonchev–Trinajstić information content (AvgIpc) is 3.05. The van der Waals surface area contributed by atoms with Gasteiger partial charge in [-0.25, -0.2) is 9.82 Å². The first kappa shape index (κ1) is 34.4. The van der Waals surface area contributed by atoms with Crippen LogP contribution in [-0.2, 0) is 11.2 Å². The third-order valence-corrected chi connectivity index (χ3v) is 7.84. The molecule has 254 valence electrons. The van der Waals surface area contributed by atoms with E-state index in [2.05, 4.69) is 32.1 Å². The average molecular weight is 669 g/mol. The molecule has 0 radical (unpaired) electrons. The third kappa shape index (κ3) is 9.80. The molecule has 2 heterocycles. The van der Waals surface area contributed by atoms with Crippen LogP contribution in [0.3, 0.4) is 0 Å². The fraction of sp³-hybridized carbons (Fsp3) is 0.343. The summed E-state index contributed by atoms with van der Waals surface area (Å²) in [4.78, 5) is 19.3. The second kappa shape index (κ2) is 15.8. The van der Waals surface area contributed by atoms with Crippen LogP contribution in [0.1, 0.15) is 37.3 Å². The summed E-state index contributed by atoms with van der Waals surface area (Å²) in [6, 6.07) is 14.3. The van der Waals surface area contributed by atoms with Gasteiger partial charge in [0, 0.05) is 24.2 Å². The van der Waals surface area contributed by atoms with Gasteiger partial charge in [-0.1, -0.05) is 13.0 Å². The molecule has 0 aliphatic carbocycles. The quantitative estimate of drug-likeness (QED) is 0.0694. The summed E-state index contributed by atoms with van der Waals surface area (Å²) in [5.41, 5.74) is 3.70. The number of alkyl halides is 3. The van der Waals surface area contributed by atoms with Crippen molar-refractivity contribution in [3.63, 3.8) is 0 Å². The van der Waals surface area contributed by atoms with Crippen molar-refractivity contribution in [2.24, 2.45) is 11.0 Å². The highest BCUT2D eigenvalue weighted by molar-refractivity contribution is 5.88. The van der Waals surface area contributed by atoms with Crippen LogP contribution >= 0.6 is 0 Å². The molecule has 1 N–H and O–H groups in total. The van der Waals surface area contributed by atoms with E-state index in [9.17, 15) is 18.0 Å². The van der Waals surface area contributed by atoms with E-state index in [1.807, 2.05) is 0 Å². The van der Waals surface area contributed by atoms with Gasteiger partial charge in [-0.3, -0.25) is 9.78 Å². The highest BCUT2D eigenvalue weighted by Crippen LogP contribution is 2.37. The van der Waals surface area contributed by atoms with Gasteiger partial charge in [0.05, 0.1) is 31.9 Å². The van der Waals surface area contributed by atoms with E-state index in [-0.39, 0.29) is 17.9 Å². The van der Waals surface area contributed by atoms with Crippen molar-refractivity contribution < 1.29 is 41.3 Å². The van der Waals surface area contributed by atoms with Crippen LogP contribution in [0.15, 0.2) is 72.0 Å². The molecule has 0 unspecified atom stereocenters. The van der Waals surface area contributed by atoms with Crippen LogP contribution in [0.5, 0.6) is 28.7 Å². The summed E-state index contributed by atoms with van der Waals surface area (Å²) in [6.07, 6.45) is 1.20. The number of hydrazone groups is 1. The Balaban J connectivity index is 1.16. The first-order valence-electron chi connectivity index (χ1n) is 15.5. The Morgan fingerprint density at radius 2 is 1.79 bits per heavy atom. The molecule has 1 fully saturated rings. The summed E-state index contributed by atoms with van der Waals surface area (Å²) in [5.74, 6) is 0.595. The minimum atomic E-state index is -4.79. The van der Waals surface area contributed by atoms with E-state index >= 15 is 4.39 Å². The van der Waals surface area contributed by atoms with Crippen LogP contribution in [0.25, 0.3) is 10.9 Å². The Morgan fingerprint density at radius 3 is 2.50 bits per heavy atom. The number of benzene rings is 3. The normalized spacial score (nSPS) is 14.3. The zero-order valence-electron chi connectivity index (χ0n) is 26.6. The number of likely N-dealkylation sites (tertiary alicyclic amines) is 1. The number of rotatable bonds is 13. The van der Waals surface area contributed by atoms with Gasteiger partial charge in [0.1, 0.15) is 11.5 Å². The number of fused-ring (bicyclic) bond motifs is 1. The minimum absolute atomic E-state index is 0.0472. The lowest BCUT2D eigenvalue weighted by Gasteiger charge is -2.30. The topological polar surface area (TPSA) is 94.5 Å². The van der Waals surface area contributed by atoms with Gasteiger partial charge in [-0.2, -0.15) is 5.10 Å². The van der Waals surface area contributed by atoms with E-state index in [4.69, 9.17) is 14.2 Å². The second-order valence-electron chi connectivity index (χ2n) is 11.5. The number of carbonyl (C=O) groups excluding carboxylic acids is 1. The molecular weight excluding hydrogens is 632 g/mol. The van der Waals surface area contributed by atoms with Crippen molar-refractivity contribution in [1.29, 1.82) is 0 Å². The maximum Gasteiger partial charge on any atom is 0.573 e. The number of nitrogens with zero attached hydrogens (tertiary/aromatic N) is 3. The fourth-order valence-electron chi connectivity index (χ4n) is 5.26. The number of methoxy groups -OCH3 is 1. The van der Waals surface area contributed by atoms with E-state index in [0.29, 0.717) is 45.9 Å². The number of carbonyl (C=O) groups is 1. The van der Waals surface area contributed by atoms with Gasteiger partial charge >= 0.3 is 6.36 Å². The highest BCUT2D eigenvalue weighted by Gasteiger charge is 2.31. The third-order valence-electron chi connectivity index (χ3n) is 7.84. The highest BCUT2D eigenvalue weighted by atomic mass is 19.4. The number of halogens is 4. The van der Waals surface area contributed by atoms with Crippen LogP contribution in [-0.4, -0.2) is 61.7 Å². The molecule has 13 heteroatoms. The molecule has 0 spiro atoms. The molecule has 1 amide bonds. The van der Waals surface area contributed by atoms with Crippen molar-refractivity contribution in [3.8, 4) is 28.7 Å². The molecule has 0 saturated carbocycles. The zero-order chi connectivity index (χ0) is 34.1. The number of pyridine rings is 1. The standard InChI is InChI=1S/C35H36F4N4O5/c1-23-11-15-43(16-12-23)14-3-17-46-33-21-29-27(20-32(33)45-2)30(10-13-40-29)47-31-9-6-25(18-28(31)36)19-34(44)42-41-22-24-4-7-26(8-5-24)48-35(37,38)39/h4-10,13,18,20-23H,3,11-12,14-17,19H2,1-2H3,(H,42,44)/b41-22+. The molecule has 0 atom stereocenters. The van der Waals surface area contributed by atoms with Crippen molar-refractivity contribution in [2.75, 3.05) is 33.4 Å². The smallest absolute Gasteiger partial charge is 0.493 e. The molecule has 4 aromatic rings. The summed E-state index contributed by atoms with van der Waals surface area (Å²) in [6.45, 7) is 6.05. The van der Waals surface area contributed by atoms with Crippen LogP contribution in [0.4, 0.5) is 17.6 Å². The number of ether oxygens (including phenoxy) is 4. The van der Waals surface area contributed by atoms with E-state index in [1.165, 1.54) is 43.3 Å². The predicted molar refractivity (Wildman–Crippen MR) is 172 cm³/mol. The van der Waals surface area contributed by atoms with Gasteiger partial charge < -0.3 is 23.8 Å².